The van der Waals surface area contributed by atoms with Crippen LogP contribution in [-0.4, -0.2) is 46.0 Å². The van der Waals surface area contributed by atoms with Crippen molar-refractivity contribution in [3.05, 3.63) is 52.9 Å². The van der Waals surface area contributed by atoms with Crippen LogP contribution in [0.4, 0.5) is 0 Å². The molecule has 5 heteroatoms. The predicted molar refractivity (Wildman–Crippen MR) is 90.2 cm³/mol. The predicted octanol–water partition coefficient (Wildman–Crippen LogP) is 1.61. The summed E-state index contributed by atoms with van der Waals surface area (Å²) in [7, 11) is 0. The van der Waals surface area contributed by atoms with E-state index in [1.807, 2.05) is 30.3 Å². The largest absolute Gasteiger partial charge is 0.395 e. The quantitative estimate of drug-likeness (QED) is 0.911. The van der Waals surface area contributed by atoms with Gasteiger partial charge in [0.25, 0.3) is 5.56 Å². The van der Waals surface area contributed by atoms with Crippen molar-refractivity contribution in [2.45, 2.75) is 19.4 Å². The molecule has 2 heterocycles. The fourth-order valence-corrected chi connectivity index (χ4v) is 3.20. The second-order valence-electron chi connectivity index (χ2n) is 6.11. The number of likely N-dealkylation sites (tertiary alicyclic amines) is 1. The topological polar surface area (TPSA) is 58.4 Å². The molecule has 0 saturated carbocycles. The molecule has 0 radical (unpaired) electrons. The average molecular weight is 313 g/mol. The van der Waals surface area contributed by atoms with Gasteiger partial charge in [-0.2, -0.15) is 5.10 Å². The Morgan fingerprint density at radius 3 is 2.57 bits per heavy atom. The molecule has 122 valence electrons. The summed E-state index contributed by atoms with van der Waals surface area (Å²) in [4.78, 5) is 14.9. The summed E-state index contributed by atoms with van der Waals surface area (Å²) < 4.78 is 1.61. The van der Waals surface area contributed by atoms with Gasteiger partial charge in [0.1, 0.15) is 0 Å². The Morgan fingerprint density at radius 1 is 1.13 bits per heavy atom. The van der Waals surface area contributed by atoms with Crippen molar-refractivity contribution < 1.29 is 5.11 Å². The molecule has 1 aromatic heterocycles. The molecule has 1 aromatic carbocycles. The molecule has 0 spiro atoms. The summed E-state index contributed by atoms with van der Waals surface area (Å²) in [6.45, 7) is 3.60. The van der Waals surface area contributed by atoms with Gasteiger partial charge in [0.05, 0.1) is 12.2 Å². The number of nitrogens with zero attached hydrogens (tertiary/aromatic N) is 3. The van der Waals surface area contributed by atoms with Gasteiger partial charge in [0.15, 0.2) is 0 Å². The fraction of sp³-hybridized carbons (Fsp3) is 0.444. The normalized spacial score (nSPS) is 16.6. The van der Waals surface area contributed by atoms with Gasteiger partial charge >= 0.3 is 0 Å². The minimum absolute atomic E-state index is 0.0171. The Labute approximate surface area is 136 Å². The molecule has 2 aromatic rings. The van der Waals surface area contributed by atoms with Crippen molar-refractivity contribution >= 4 is 0 Å². The van der Waals surface area contributed by atoms with Crippen LogP contribution in [0, 0.1) is 5.92 Å². The van der Waals surface area contributed by atoms with Crippen molar-refractivity contribution in [1.29, 1.82) is 0 Å². The van der Waals surface area contributed by atoms with E-state index < -0.39 is 0 Å². The third kappa shape index (κ3) is 3.86. The van der Waals surface area contributed by atoms with Gasteiger partial charge in [0, 0.05) is 19.3 Å². The van der Waals surface area contributed by atoms with Crippen LogP contribution < -0.4 is 5.56 Å². The maximum absolute atomic E-state index is 12.7. The molecule has 0 atom stereocenters. The Bertz CT molecular complexity index is 676. The SMILES string of the molecule is O=c1c(-c2ccccc2)ccnn1CC1CCN(CCO)CC1. The van der Waals surface area contributed by atoms with E-state index in [4.69, 9.17) is 5.11 Å². The lowest BCUT2D eigenvalue weighted by Crippen LogP contribution is -2.38. The molecule has 1 fully saturated rings. The molecule has 1 aliphatic rings. The van der Waals surface area contributed by atoms with Gasteiger partial charge in [-0.3, -0.25) is 4.79 Å². The first-order valence-electron chi connectivity index (χ1n) is 8.22. The highest BCUT2D eigenvalue weighted by Crippen LogP contribution is 2.19. The van der Waals surface area contributed by atoms with E-state index in [1.54, 1.807) is 16.9 Å². The van der Waals surface area contributed by atoms with E-state index in [-0.39, 0.29) is 12.2 Å². The highest BCUT2D eigenvalue weighted by atomic mass is 16.3. The van der Waals surface area contributed by atoms with E-state index in [0.29, 0.717) is 18.0 Å². The Balaban J connectivity index is 1.71. The zero-order valence-electron chi connectivity index (χ0n) is 13.3. The Morgan fingerprint density at radius 2 is 1.87 bits per heavy atom. The van der Waals surface area contributed by atoms with E-state index in [2.05, 4.69) is 10.00 Å². The number of piperidine rings is 1. The van der Waals surface area contributed by atoms with Crippen LogP contribution in [0.2, 0.25) is 0 Å². The fourth-order valence-electron chi connectivity index (χ4n) is 3.20. The van der Waals surface area contributed by atoms with E-state index >= 15 is 0 Å². The lowest BCUT2D eigenvalue weighted by Gasteiger charge is -2.31. The summed E-state index contributed by atoms with van der Waals surface area (Å²) in [5.74, 6) is 0.473. The molecule has 0 aliphatic carbocycles. The van der Waals surface area contributed by atoms with Crippen LogP contribution in [0.15, 0.2) is 47.4 Å². The number of aromatic nitrogens is 2. The van der Waals surface area contributed by atoms with Crippen molar-refractivity contribution in [1.82, 2.24) is 14.7 Å². The van der Waals surface area contributed by atoms with Gasteiger partial charge in [-0.15, -0.1) is 0 Å². The first-order chi connectivity index (χ1) is 11.3. The summed E-state index contributed by atoms with van der Waals surface area (Å²) in [6.07, 6.45) is 3.80. The third-order valence-electron chi connectivity index (χ3n) is 4.55. The zero-order valence-corrected chi connectivity index (χ0v) is 13.3. The number of benzene rings is 1. The van der Waals surface area contributed by atoms with Crippen LogP contribution in [-0.2, 0) is 6.54 Å². The van der Waals surface area contributed by atoms with E-state index in [1.165, 1.54) is 0 Å². The average Bonchev–Trinajstić information content (AvgIpc) is 2.59. The Kier molecular flexibility index (Phi) is 5.20. The Hall–Kier alpha value is -1.98. The zero-order chi connectivity index (χ0) is 16.1. The van der Waals surface area contributed by atoms with Gasteiger partial charge < -0.3 is 10.0 Å². The number of rotatable bonds is 5. The summed E-state index contributed by atoms with van der Waals surface area (Å²) in [5, 5.41) is 13.3. The first kappa shape index (κ1) is 15.9. The summed E-state index contributed by atoms with van der Waals surface area (Å²) in [6, 6.07) is 11.5. The van der Waals surface area contributed by atoms with Crippen LogP contribution in [0.5, 0.6) is 0 Å². The molecule has 1 N–H and O–H groups in total. The molecule has 23 heavy (non-hydrogen) atoms. The molecule has 0 amide bonds. The van der Waals surface area contributed by atoms with Crippen molar-refractivity contribution in [2.75, 3.05) is 26.2 Å². The number of aliphatic hydroxyl groups is 1. The summed E-state index contributed by atoms with van der Waals surface area (Å²) in [5.41, 5.74) is 1.63. The lowest BCUT2D eigenvalue weighted by molar-refractivity contribution is 0.139. The third-order valence-corrected chi connectivity index (χ3v) is 4.55. The highest BCUT2D eigenvalue weighted by Gasteiger charge is 2.20. The molecular formula is C18H23N3O2. The van der Waals surface area contributed by atoms with Crippen LogP contribution in [0.3, 0.4) is 0 Å². The second-order valence-corrected chi connectivity index (χ2v) is 6.11. The number of aliphatic hydroxyl groups excluding tert-OH is 1. The lowest BCUT2D eigenvalue weighted by atomic mass is 9.97. The summed E-state index contributed by atoms with van der Waals surface area (Å²) >= 11 is 0. The van der Waals surface area contributed by atoms with Crippen LogP contribution in [0.25, 0.3) is 11.1 Å². The molecule has 0 unspecified atom stereocenters. The maximum Gasteiger partial charge on any atom is 0.274 e. The van der Waals surface area contributed by atoms with E-state index in [0.717, 1.165) is 38.0 Å². The highest BCUT2D eigenvalue weighted by molar-refractivity contribution is 5.61. The van der Waals surface area contributed by atoms with Crippen LogP contribution in [0.1, 0.15) is 12.8 Å². The maximum atomic E-state index is 12.7. The van der Waals surface area contributed by atoms with Gasteiger partial charge in [-0.1, -0.05) is 30.3 Å². The number of hydrogen-bond acceptors (Lipinski definition) is 4. The van der Waals surface area contributed by atoms with Crippen molar-refractivity contribution in [3.8, 4) is 11.1 Å². The molecular weight excluding hydrogens is 290 g/mol. The standard InChI is InChI=1S/C18H23N3O2/c22-13-12-20-10-7-15(8-11-20)14-21-18(23)17(6-9-19-21)16-4-2-1-3-5-16/h1-6,9,15,22H,7-8,10-14H2. The second kappa shape index (κ2) is 7.53. The molecule has 1 aliphatic heterocycles. The van der Waals surface area contributed by atoms with Gasteiger partial charge in [-0.05, 0) is 43.5 Å². The van der Waals surface area contributed by atoms with Crippen molar-refractivity contribution in [2.24, 2.45) is 5.92 Å². The monoisotopic (exact) mass is 313 g/mol. The number of β-amino-alcohol motifs (C(OH)–C–C–N with tert-alkyl or cyclic N) is 1. The minimum atomic E-state index is -0.0171. The minimum Gasteiger partial charge on any atom is -0.395 e. The molecule has 0 bridgehead atoms. The molecule has 3 rings (SSSR count). The molecule has 5 nitrogen and oxygen atoms in total. The van der Waals surface area contributed by atoms with Gasteiger partial charge in [0.2, 0.25) is 0 Å². The smallest absolute Gasteiger partial charge is 0.274 e. The number of hydrogen-bond donors (Lipinski definition) is 1. The van der Waals surface area contributed by atoms with Crippen LogP contribution >= 0.6 is 0 Å². The first-order valence-corrected chi connectivity index (χ1v) is 8.22. The van der Waals surface area contributed by atoms with E-state index in [9.17, 15) is 4.79 Å². The van der Waals surface area contributed by atoms with Gasteiger partial charge in [-0.25, -0.2) is 4.68 Å². The van der Waals surface area contributed by atoms with Crippen molar-refractivity contribution in [3.63, 3.8) is 0 Å². The molecule has 1 saturated heterocycles.